The Morgan fingerprint density at radius 2 is 2.08 bits per heavy atom. The minimum atomic E-state index is -0.0963. The Bertz CT molecular complexity index is 864. The third-order valence-electron chi connectivity index (χ3n) is 4.38. The second-order valence-electron chi connectivity index (χ2n) is 6.02. The first kappa shape index (κ1) is 15.9. The maximum Gasteiger partial charge on any atom is 0.255 e. The third kappa shape index (κ3) is 3.60. The van der Waals surface area contributed by atoms with Gasteiger partial charge < -0.3 is 5.32 Å². The SMILES string of the molecule is O=C(Nc1cccc2c1CCN(Cc1nccs1)C2)c1ccncc1. The predicted octanol–water partition coefficient (Wildman–Crippen LogP) is 3.35. The smallest absolute Gasteiger partial charge is 0.255 e. The summed E-state index contributed by atoms with van der Waals surface area (Å²) in [5, 5.41) is 6.21. The lowest BCUT2D eigenvalue weighted by molar-refractivity contribution is 0.102. The van der Waals surface area contributed by atoms with Gasteiger partial charge in [0.1, 0.15) is 5.01 Å². The number of pyridine rings is 1. The topological polar surface area (TPSA) is 58.1 Å². The molecule has 2 aromatic heterocycles. The number of carbonyl (C=O) groups is 1. The maximum atomic E-state index is 12.4. The number of nitrogens with zero attached hydrogens (tertiary/aromatic N) is 3. The van der Waals surface area contributed by atoms with Crippen LogP contribution in [0, 0.1) is 0 Å². The van der Waals surface area contributed by atoms with Crippen molar-refractivity contribution in [3.8, 4) is 0 Å². The molecule has 0 saturated heterocycles. The number of benzene rings is 1. The molecule has 0 atom stereocenters. The number of aromatic nitrogens is 2. The minimum absolute atomic E-state index is 0.0963. The van der Waals surface area contributed by atoms with Crippen LogP contribution >= 0.6 is 11.3 Å². The zero-order valence-electron chi connectivity index (χ0n) is 13.7. The van der Waals surface area contributed by atoms with E-state index >= 15 is 0 Å². The molecule has 0 saturated carbocycles. The van der Waals surface area contributed by atoms with Crippen molar-refractivity contribution in [2.45, 2.75) is 19.5 Å². The van der Waals surface area contributed by atoms with Crippen LogP contribution < -0.4 is 5.32 Å². The number of anilines is 1. The molecule has 3 aromatic rings. The summed E-state index contributed by atoms with van der Waals surface area (Å²) in [5.41, 5.74) is 4.04. The summed E-state index contributed by atoms with van der Waals surface area (Å²) >= 11 is 1.69. The Morgan fingerprint density at radius 3 is 2.88 bits per heavy atom. The average Bonchev–Trinajstić information content (AvgIpc) is 3.15. The maximum absolute atomic E-state index is 12.4. The number of nitrogens with one attached hydrogen (secondary N) is 1. The Labute approximate surface area is 150 Å². The van der Waals surface area contributed by atoms with Crippen molar-refractivity contribution < 1.29 is 4.79 Å². The molecule has 1 N–H and O–H groups in total. The quantitative estimate of drug-likeness (QED) is 0.784. The van der Waals surface area contributed by atoms with Gasteiger partial charge in [0.05, 0.1) is 6.54 Å². The summed E-state index contributed by atoms with van der Waals surface area (Å²) < 4.78 is 0. The van der Waals surface area contributed by atoms with Gasteiger partial charge in [-0.05, 0) is 35.7 Å². The molecular formula is C19H18N4OS. The van der Waals surface area contributed by atoms with Gasteiger partial charge in [-0.25, -0.2) is 4.98 Å². The minimum Gasteiger partial charge on any atom is -0.322 e. The summed E-state index contributed by atoms with van der Waals surface area (Å²) in [4.78, 5) is 23.1. The molecule has 5 nitrogen and oxygen atoms in total. The van der Waals surface area contributed by atoms with Crippen LogP contribution in [-0.4, -0.2) is 27.3 Å². The van der Waals surface area contributed by atoms with Gasteiger partial charge in [0.15, 0.2) is 0 Å². The second kappa shape index (κ2) is 7.13. The van der Waals surface area contributed by atoms with Gasteiger partial charge in [0, 0.05) is 48.3 Å². The molecule has 3 heterocycles. The van der Waals surface area contributed by atoms with E-state index in [9.17, 15) is 4.79 Å². The predicted molar refractivity (Wildman–Crippen MR) is 98.6 cm³/mol. The van der Waals surface area contributed by atoms with Crippen molar-refractivity contribution in [1.82, 2.24) is 14.9 Å². The van der Waals surface area contributed by atoms with E-state index in [1.165, 1.54) is 11.1 Å². The van der Waals surface area contributed by atoms with Crippen LogP contribution in [0.15, 0.2) is 54.3 Å². The fraction of sp³-hybridized carbons (Fsp3) is 0.211. The van der Waals surface area contributed by atoms with Crippen LogP contribution in [0.4, 0.5) is 5.69 Å². The molecule has 1 aliphatic heterocycles. The molecular weight excluding hydrogens is 332 g/mol. The monoisotopic (exact) mass is 350 g/mol. The zero-order valence-corrected chi connectivity index (χ0v) is 14.5. The van der Waals surface area contributed by atoms with E-state index in [2.05, 4.69) is 26.3 Å². The number of carbonyl (C=O) groups excluding carboxylic acids is 1. The normalized spacial score (nSPS) is 14.1. The number of hydrogen-bond donors (Lipinski definition) is 1. The Kier molecular flexibility index (Phi) is 4.54. The van der Waals surface area contributed by atoms with Crippen molar-refractivity contribution in [3.05, 3.63) is 76.0 Å². The average molecular weight is 350 g/mol. The second-order valence-corrected chi connectivity index (χ2v) is 7.00. The van der Waals surface area contributed by atoms with Crippen LogP contribution in [0.3, 0.4) is 0 Å². The van der Waals surface area contributed by atoms with E-state index in [1.54, 1.807) is 35.9 Å². The number of thiazole rings is 1. The lowest BCUT2D eigenvalue weighted by atomic mass is 9.97. The van der Waals surface area contributed by atoms with E-state index in [1.807, 2.05) is 23.7 Å². The highest BCUT2D eigenvalue weighted by Crippen LogP contribution is 2.27. The van der Waals surface area contributed by atoms with Gasteiger partial charge >= 0.3 is 0 Å². The van der Waals surface area contributed by atoms with Gasteiger partial charge in [-0.15, -0.1) is 11.3 Å². The molecule has 0 spiro atoms. The molecule has 126 valence electrons. The molecule has 0 unspecified atom stereocenters. The molecule has 0 radical (unpaired) electrons. The Morgan fingerprint density at radius 1 is 1.20 bits per heavy atom. The van der Waals surface area contributed by atoms with Gasteiger partial charge in [-0.3, -0.25) is 14.7 Å². The highest BCUT2D eigenvalue weighted by molar-refractivity contribution is 7.09. The lowest BCUT2D eigenvalue weighted by Crippen LogP contribution is -2.30. The van der Waals surface area contributed by atoms with E-state index in [0.717, 1.165) is 36.8 Å². The van der Waals surface area contributed by atoms with Crippen molar-refractivity contribution in [3.63, 3.8) is 0 Å². The first-order chi connectivity index (χ1) is 12.3. The molecule has 1 aliphatic rings. The van der Waals surface area contributed by atoms with Crippen molar-refractivity contribution >= 4 is 22.9 Å². The first-order valence-corrected chi connectivity index (χ1v) is 9.10. The van der Waals surface area contributed by atoms with Crippen LogP contribution in [0.5, 0.6) is 0 Å². The van der Waals surface area contributed by atoms with Gasteiger partial charge in [-0.1, -0.05) is 12.1 Å². The third-order valence-corrected chi connectivity index (χ3v) is 5.14. The fourth-order valence-electron chi connectivity index (χ4n) is 3.14. The number of amides is 1. The summed E-state index contributed by atoms with van der Waals surface area (Å²) in [6.45, 7) is 2.73. The fourth-order valence-corrected chi connectivity index (χ4v) is 3.80. The molecule has 1 amide bonds. The largest absolute Gasteiger partial charge is 0.322 e. The molecule has 0 aliphatic carbocycles. The Balaban J connectivity index is 1.50. The zero-order chi connectivity index (χ0) is 17.1. The van der Waals surface area contributed by atoms with Crippen molar-refractivity contribution in [2.75, 3.05) is 11.9 Å². The number of fused-ring (bicyclic) bond motifs is 1. The molecule has 1 aromatic carbocycles. The molecule has 4 rings (SSSR count). The van der Waals surface area contributed by atoms with Crippen LogP contribution in [0.2, 0.25) is 0 Å². The van der Waals surface area contributed by atoms with E-state index in [0.29, 0.717) is 5.56 Å². The highest BCUT2D eigenvalue weighted by atomic mass is 32.1. The summed E-state index contributed by atoms with van der Waals surface area (Å²) in [7, 11) is 0. The summed E-state index contributed by atoms with van der Waals surface area (Å²) in [6.07, 6.45) is 6.04. The summed E-state index contributed by atoms with van der Waals surface area (Å²) in [6, 6.07) is 9.58. The number of rotatable bonds is 4. The van der Waals surface area contributed by atoms with E-state index in [-0.39, 0.29) is 5.91 Å². The summed E-state index contributed by atoms with van der Waals surface area (Å²) in [5.74, 6) is -0.0963. The van der Waals surface area contributed by atoms with Gasteiger partial charge in [0.25, 0.3) is 5.91 Å². The van der Waals surface area contributed by atoms with Crippen LogP contribution in [0.25, 0.3) is 0 Å². The lowest BCUT2D eigenvalue weighted by Gasteiger charge is -2.29. The van der Waals surface area contributed by atoms with Crippen molar-refractivity contribution in [1.29, 1.82) is 0 Å². The molecule has 6 heteroatoms. The van der Waals surface area contributed by atoms with Crippen LogP contribution in [0.1, 0.15) is 26.5 Å². The molecule has 0 fully saturated rings. The highest BCUT2D eigenvalue weighted by Gasteiger charge is 2.20. The van der Waals surface area contributed by atoms with Crippen molar-refractivity contribution in [2.24, 2.45) is 0 Å². The number of hydrogen-bond acceptors (Lipinski definition) is 5. The van der Waals surface area contributed by atoms with E-state index < -0.39 is 0 Å². The Hall–Kier alpha value is -2.57. The standard InChI is InChI=1S/C19H18N4OS/c24-19(14-4-7-20-8-5-14)22-17-3-1-2-15-12-23(10-6-16(15)17)13-18-21-9-11-25-18/h1-5,7-9,11H,6,10,12-13H2,(H,22,24). The first-order valence-electron chi connectivity index (χ1n) is 8.22. The molecule has 0 bridgehead atoms. The van der Waals surface area contributed by atoms with Gasteiger partial charge in [0.2, 0.25) is 0 Å². The van der Waals surface area contributed by atoms with E-state index in [4.69, 9.17) is 0 Å². The van der Waals surface area contributed by atoms with Crippen LogP contribution in [-0.2, 0) is 19.5 Å². The van der Waals surface area contributed by atoms with Gasteiger partial charge in [-0.2, -0.15) is 0 Å². The molecule has 25 heavy (non-hydrogen) atoms.